The van der Waals surface area contributed by atoms with Gasteiger partial charge in [0.2, 0.25) is 0 Å². The molecule has 0 saturated heterocycles. The van der Waals surface area contributed by atoms with Gasteiger partial charge in [-0.1, -0.05) is 39.5 Å². The second kappa shape index (κ2) is 6.58. The van der Waals surface area contributed by atoms with E-state index in [1.54, 1.807) is 0 Å². The molecule has 2 rings (SSSR count). The monoisotopic (exact) mass is 266 g/mol. The van der Waals surface area contributed by atoms with E-state index in [1.807, 2.05) is 0 Å². The molecule has 0 aliphatic heterocycles. The standard InChI is InChI=1S/C17H34N2/c1-5-18-16(15-10-8-9-14(2)13-15)17(19(3)4)11-6-7-12-17/h14-16,18H,5-13H2,1-4H3. The van der Waals surface area contributed by atoms with E-state index in [0.29, 0.717) is 11.6 Å². The third-order valence-corrected chi connectivity index (χ3v) is 5.81. The van der Waals surface area contributed by atoms with Crippen molar-refractivity contribution >= 4 is 0 Å². The first-order chi connectivity index (χ1) is 9.10. The Labute approximate surface area is 120 Å². The highest BCUT2D eigenvalue weighted by Gasteiger charge is 2.46. The minimum atomic E-state index is 0.428. The van der Waals surface area contributed by atoms with Crippen LogP contribution in [-0.2, 0) is 0 Å². The van der Waals surface area contributed by atoms with Gasteiger partial charge in [-0.2, -0.15) is 0 Å². The zero-order valence-electron chi connectivity index (χ0n) is 13.5. The second-order valence-electron chi connectivity index (χ2n) is 7.27. The van der Waals surface area contributed by atoms with Crippen LogP contribution in [0.5, 0.6) is 0 Å². The third-order valence-electron chi connectivity index (χ3n) is 5.81. The Morgan fingerprint density at radius 3 is 2.37 bits per heavy atom. The number of rotatable bonds is 5. The van der Waals surface area contributed by atoms with Gasteiger partial charge in [0, 0.05) is 11.6 Å². The van der Waals surface area contributed by atoms with Gasteiger partial charge < -0.3 is 10.2 Å². The first-order valence-corrected chi connectivity index (χ1v) is 8.51. The van der Waals surface area contributed by atoms with Crippen molar-refractivity contribution < 1.29 is 0 Å². The molecule has 2 nitrogen and oxygen atoms in total. The normalized spacial score (nSPS) is 32.7. The molecule has 0 amide bonds. The van der Waals surface area contributed by atoms with Crippen molar-refractivity contribution in [2.24, 2.45) is 11.8 Å². The Morgan fingerprint density at radius 1 is 1.16 bits per heavy atom. The van der Waals surface area contributed by atoms with Crippen LogP contribution in [0.4, 0.5) is 0 Å². The topological polar surface area (TPSA) is 15.3 Å². The minimum Gasteiger partial charge on any atom is -0.312 e. The van der Waals surface area contributed by atoms with Gasteiger partial charge >= 0.3 is 0 Å². The van der Waals surface area contributed by atoms with Gasteiger partial charge in [-0.25, -0.2) is 0 Å². The minimum absolute atomic E-state index is 0.428. The smallest absolute Gasteiger partial charge is 0.0359 e. The van der Waals surface area contributed by atoms with Crippen LogP contribution in [0.15, 0.2) is 0 Å². The maximum Gasteiger partial charge on any atom is 0.0359 e. The van der Waals surface area contributed by atoms with Crippen molar-refractivity contribution in [2.75, 3.05) is 20.6 Å². The number of nitrogens with one attached hydrogen (secondary N) is 1. The molecule has 19 heavy (non-hydrogen) atoms. The molecule has 0 bridgehead atoms. The lowest BCUT2D eigenvalue weighted by Gasteiger charge is -2.48. The predicted octanol–water partition coefficient (Wildman–Crippen LogP) is 3.67. The Morgan fingerprint density at radius 2 is 1.84 bits per heavy atom. The molecule has 0 aromatic heterocycles. The number of hydrogen-bond acceptors (Lipinski definition) is 2. The van der Waals surface area contributed by atoms with E-state index in [-0.39, 0.29) is 0 Å². The number of likely N-dealkylation sites (N-methyl/N-ethyl adjacent to an activating group) is 2. The number of hydrogen-bond donors (Lipinski definition) is 1. The summed E-state index contributed by atoms with van der Waals surface area (Å²) in [6.45, 7) is 5.84. The van der Waals surface area contributed by atoms with E-state index in [4.69, 9.17) is 0 Å². The lowest BCUT2D eigenvalue weighted by Crippen LogP contribution is -2.61. The maximum absolute atomic E-state index is 3.90. The van der Waals surface area contributed by atoms with Gasteiger partial charge in [0.25, 0.3) is 0 Å². The summed E-state index contributed by atoms with van der Waals surface area (Å²) in [6, 6.07) is 0.706. The zero-order valence-corrected chi connectivity index (χ0v) is 13.5. The van der Waals surface area contributed by atoms with Crippen LogP contribution in [0.2, 0.25) is 0 Å². The van der Waals surface area contributed by atoms with Gasteiger partial charge in [-0.3, -0.25) is 0 Å². The Hall–Kier alpha value is -0.0800. The quantitative estimate of drug-likeness (QED) is 0.817. The molecule has 0 heterocycles. The van der Waals surface area contributed by atoms with E-state index < -0.39 is 0 Å². The highest BCUT2D eigenvalue weighted by molar-refractivity contribution is 5.05. The van der Waals surface area contributed by atoms with Crippen molar-refractivity contribution in [1.29, 1.82) is 0 Å². The van der Waals surface area contributed by atoms with Crippen LogP contribution in [0, 0.1) is 11.8 Å². The summed E-state index contributed by atoms with van der Waals surface area (Å²) in [5.41, 5.74) is 0.428. The first kappa shape index (κ1) is 15.3. The van der Waals surface area contributed by atoms with E-state index in [1.165, 1.54) is 51.4 Å². The van der Waals surface area contributed by atoms with Crippen LogP contribution in [0.25, 0.3) is 0 Å². The van der Waals surface area contributed by atoms with Gasteiger partial charge in [0.15, 0.2) is 0 Å². The maximum atomic E-state index is 3.90. The van der Waals surface area contributed by atoms with Crippen LogP contribution >= 0.6 is 0 Å². The lowest BCUT2D eigenvalue weighted by atomic mass is 9.71. The lowest BCUT2D eigenvalue weighted by molar-refractivity contribution is 0.0549. The van der Waals surface area contributed by atoms with Gasteiger partial charge in [-0.05, 0) is 58.2 Å². The molecule has 0 aromatic rings. The molecule has 2 aliphatic rings. The SMILES string of the molecule is CCNC(C1CCCC(C)C1)C1(N(C)C)CCCC1. The fourth-order valence-corrected chi connectivity index (χ4v) is 4.82. The third kappa shape index (κ3) is 3.16. The fraction of sp³-hybridized carbons (Fsp3) is 1.00. The second-order valence-corrected chi connectivity index (χ2v) is 7.27. The zero-order chi connectivity index (χ0) is 13.9. The molecule has 112 valence electrons. The van der Waals surface area contributed by atoms with Crippen LogP contribution < -0.4 is 5.32 Å². The molecule has 2 aliphatic carbocycles. The van der Waals surface area contributed by atoms with Gasteiger partial charge in [0.1, 0.15) is 0 Å². The Kier molecular flexibility index (Phi) is 5.30. The van der Waals surface area contributed by atoms with E-state index in [0.717, 1.165) is 18.4 Å². The summed E-state index contributed by atoms with van der Waals surface area (Å²) >= 11 is 0. The summed E-state index contributed by atoms with van der Waals surface area (Å²) in [5.74, 6) is 1.82. The van der Waals surface area contributed by atoms with Crippen molar-refractivity contribution in [1.82, 2.24) is 10.2 Å². The summed E-state index contributed by atoms with van der Waals surface area (Å²) in [5, 5.41) is 3.90. The predicted molar refractivity (Wildman–Crippen MR) is 83.5 cm³/mol. The molecule has 3 atom stereocenters. The van der Waals surface area contributed by atoms with Gasteiger partial charge in [0.05, 0.1) is 0 Å². The van der Waals surface area contributed by atoms with Crippen molar-refractivity contribution in [3.05, 3.63) is 0 Å². The number of nitrogens with zero attached hydrogens (tertiary/aromatic N) is 1. The Bertz CT molecular complexity index is 268. The highest BCUT2D eigenvalue weighted by Crippen LogP contribution is 2.43. The molecular formula is C17H34N2. The van der Waals surface area contributed by atoms with E-state index in [9.17, 15) is 0 Å². The molecule has 2 heteroatoms. The fourth-order valence-electron chi connectivity index (χ4n) is 4.82. The molecule has 3 unspecified atom stereocenters. The summed E-state index contributed by atoms with van der Waals surface area (Å²) < 4.78 is 0. The summed E-state index contributed by atoms with van der Waals surface area (Å²) in [6.07, 6.45) is 11.4. The Balaban J connectivity index is 2.17. The largest absolute Gasteiger partial charge is 0.312 e. The van der Waals surface area contributed by atoms with Crippen LogP contribution in [0.1, 0.15) is 65.2 Å². The average Bonchev–Trinajstić information content (AvgIpc) is 2.86. The molecule has 0 aromatic carbocycles. The van der Waals surface area contributed by atoms with E-state index >= 15 is 0 Å². The van der Waals surface area contributed by atoms with Crippen molar-refractivity contribution in [3.8, 4) is 0 Å². The molecule has 2 saturated carbocycles. The summed E-state index contributed by atoms with van der Waals surface area (Å²) in [4.78, 5) is 2.55. The van der Waals surface area contributed by atoms with Crippen LogP contribution in [0.3, 0.4) is 0 Å². The highest BCUT2D eigenvalue weighted by atomic mass is 15.2. The van der Waals surface area contributed by atoms with Crippen molar-refractivity contribution in [2.45, 2.75) is 76.8 Å². The molecular weight excluding hydrogens is 232 g/mol. The first-order valence-electron chi connectivity index (χ1n) is 8.51. The average molecular weight is 266 g/mol. The van der Waals surface area contributed by atoms with Gasteiger partial charge in [-0.15, -0.1) is 0 Å². The van der Waals surface area contributed by atoms with Crippen molar-refractivity contribution in [3.63, 3.8) is 0 Å². The molecule has 0 radical (unpaired) electrons. The molecule has 1 N–H and O–H groups in total. The van der Waals surface area contributed by atoms with Crippen LogP contribution in [-0.4, -0.2) is 37.1 Å². The summed E-state index contributed by atoms with van der Waals surface area (Å²) in [7, 11) is 4.61. The molecule has 0 spiro atoms. The molecule has 2 fully saturated rings. The van der Waals surface area contributed by atoms with E-state index in [2.05, 4.69) is 38.2 Å².